The van der Waals surface area contributed by atoms with Crippen LogP contribution in [0.25, 0.3) is 15.8 Å². The first-order valence-corrected chi connectivity index (χ1v) is 5.02. The van der Waals surface area contributed by atoms with Gasteiger partial charge >= 0.3 is 0 Å². The van der Waals surface area contributed by atoms with E-state index in [1.165, 1.54) is 11.3 Å². The van der Waals surface area contributed by atoms with Gasteiger partial charge in [-0.25, -0.2) is 4.98 Å². The van der Waals surface area contributed by atoms with Crippen molar-refractivity contribution < 1.29 is 4.79 Å². The predicted molar refractivity (Wildman–Crippen MR) is 57.3 cm³/mol. The van der Waals surface area contributed by atoms with E-state index in [0.717, 1.165) is 21.5 Å². The number of amides is 1. The Kier molecular flexibility index (Phi) is 1.33. The Morgan fingerprint density at radius 2 is 2.29 bits per heavy atom. The summed E-state index contributed by atoms with van der Waals surface area (Å²) in [6.45, 7) is 3.77. The summed E-state index contributed by atoms with van der Waals surface area (Å²) in [6, 6.07) is 3.77. The van der Waals surface area contributed by atoms with E-state index in [1.807, 2.05) is 12.1 Å². The molecule has 68 valence electrons. The molecule has 1 N–H and O–H groups in total. The normalized spacial score (nSPS) is 14.6. The first-order valence-electron chi connectivity index (χ1n) is 4.14. The van der Waals surface area contributed by atoms with Gasteiger partial charge in [0, 0.05) is 11.1 Å². The lowest BCUT2D eigenvalue weighted by molar-refractivity contribution is -0.110. The molecule has 1 aliphatic rings. The molecule has 0 fully saturated rings. The molecule has 0 bridgehead atoms. The van der Waals surface area contributed by atoms with E-state index < -0.39 is 0 Å². The summed E-state index contributed by atoms with van der Waals surface area (Å²) in [5, 5.41) is 2.77. The molecule has 1 amide bonds. The number of anilines is 1. The molecule has 1 aromatic heterocycles. The van der Waals surface area contributed by atoms with Crippen LogP contribution < -0.4 is 5.32 Å². The zero-order valence-corrected chi connectivity index (χ0v) is 8.02. The molecule has 1 aromatic carbocycles. The Hall–Kier alpha value is -1.68. The molecule has 2 aromatic rings. The number of carbonyl (C=O) groups is 1. The lowest BCUT2D eigenvalue weighted by Gasteiger charge is -1.97. The Bertz CT molecular complexity index is 571. The maximum Gasteiger partial charge on any atom is 0.255 e. The first kappa shape index (κ1) is 7.70. The van der Waals surface area contributed by atoms with Gasteiger partial charge in [0.05, 0.1) is 21.4 Å². The summed E-state index contributed by atoms with van der Waals surface area (Å²) in [7, 11) is 0. The number of thiazole rings is 1. The van der Waals surface area contributed by atoms with E-state index in [9.17, 15) is 4.79 Å². The first-order chi connectivity index (χ1) is 6.77. The topological polar surface area (TPSA) is 42.0 Å². The minimum absolute atomic E-state index is 0.110. The van der Waals surface area contributed by atoms with Crippen LogP contribution in [0.1, 0.15) is 5.56 Å². The molecule has 0 spiro atoms. The third kappa shape index (κ3) is 0.807. The maximum absolute atomic E-state index is 11.4. The van der Waals surface area contributed by atoms with E-state index in [1.54, 1.807) is 5.51 Å². The number of nitrogens with zero attached hydrogens (tertiary/aromatic N) is 1. The minimum Gasteiger partial charge on any atom is -0.321 e. The number of aromatic nitrogens is 1. The highest BCUT2D eigenvalue weighted by molar-refractivity contribution is 7.17. The second-order valence-corrected chi connectivity index (χ2v) is 3.98. The number of hydrogen-bond donors (Lipinski definition) is 1. The van der Waals surface area contributed by atoms with Crippen LogP contribution in [0.15, 0.2) is 24.2 Å². The lowest BCUT2D eigenvalue weighted by Crippen LogP contribution is -2.02. The van der Waals surface area contributed by atoms with Crippen molar-refractivity contribution in [3.63, 3.8) is 0 Å². The second-order valence-electron chi connectivity index (χ2n) is 3.12. The Balaban J connectivity index is 2.46. The van der Waals surface area contributed by atoms with E-state index >= 15 is 0 Å². The summed E-state index contributed by atoms with van der Waals surface area (Å²) in [6.07, 6.45) is 0. The zero-order valence-electron chi connectivity index (χ0n) is 7.20. The molecule has 3 nitrogen and oxygen atoms in total. The summed E-state index contributed by atoms with van der Waals surface area (Å²) < 4.78 is 1.03. The van der Waals surface area contributed by atoms with Crippen molar-refractivity contribution in [2.24, 2.45) is 0 Å². The molecule has 14 heavy (non-hydrogen) atoms. The number of carbonyl (C=O) groups excluding carboxylic acids is 1. The summed E-state index contributed by atoms with van der Waals surface area (Å²) in [4.78, 5) is 15.6. The average molecular weight is 202 g/mol. The van der Waals surface area contributed by atoms with Gasteiger partial charge in [0.1, 0.15) is 0 Å². The summed E-state index contributed by atoms with van der Waals surface area (Å²) in [5.41, 5.74) is 4.99. The molecule has 0 atom stereocenters. The molecule has 0 aliphatic carbocycles. The Morgan fingerprint density at radius 1 is 1.43 bits per heavy atom. The number of rotatable bonds is 0. The van der Waals surface area contributed by atoms with Gasteiger partial charge in [-0.05, 0) is 12.1 Å². The van der Waals surface area contributed by atoms with Crippen LogP contribution in [0, 0.1) is 0 Å². The van der Waals surface area contributed by atoms with Crippen LogP contribution >= 0.6 is 11.3 Å². The van der Waals surface area contributed by atoms with Crippen molar-refractivity contribution in [3.8, 4) is 0 Å². The van der Waals surface area contributed by atoms with E-state index in [4.69, 9.17) is 0 Å². The summed E-state index contributed by atoms with van der Waals surface area (Å²) >= 11 is 1.53. The zero-order chi connectivity index (χ0) is 9.71. The van der Waals surface area contributed by atoms with Gasteiger partial charge < -0.3 is 5.32 Å². The fraction of sp³-hybridized carbons (Fsp3) is 0. The third-order valence-electron chi connectivity index (χ3n) is 2.32. The van der Waals surface area contributed by atoms with Crippen LogP contribution in [0.4, 0.5) is 5.69 Å². The fourth-order valence-corrected chi connectivity index (χ4v) is 2.51. The van der Waals surface area contributed by atoms with Crippen molar-refractivity contribution in [2.75, 3.05) is 5.32 Å². The SMILES string of the molecule is C=C1C(=O)Nc2ccc3ncsc3c21. The molecule has 0 saturated carbocycles. The van der Waals surface area contributed by atoms with E-state index in [0.29, 0.717) is 5.57 Å². The average Bonchev–Trinajstić information content (AvgIpc) is 2.72. The number of hydrogen-bond acceptors (Lipinski definition) is 3. The molecule has 2 heterocycles. The fourth-order valence-electron chi connectivity index (χ4n) is 1.64. The van der Waals surface area contributed by atoms with Gasteiger partial charge in [-0.1, -0.05) is 6.58 Å². The summed E-state index contributed by atoms with van der Waals surface area (Å²) in [5.74, 6) is -0.110. The number of benzene rings is 1. The van der Waals surface area contributed by atoms with E-state index in [-0.39, 0.29) is 5.91 Å². The standard InChI is InChI=1S/C10H6N2OS/c1-5-8-6(12-10(5)13)2-3-7-9(8)14-4-11-7/h2-4H,1H2,(H,12,13). The molecule has 0 radical (unpaired) electrons. The predicted octanol–water partition coefficient (Wildman–Crippen LogP) is 2.26. The molecule has 0 unspecified atom stereocenters. The van der Waals surface area contributed by atoms with Gasteiger partial charge in [-0.15, -0.1) is 11.3 Å². The molecule has 3 rings (SSSR count). The molecular weight excluding hydrogens is 196 g/mol. The third-order valence-corrected chi connectivity index (χ3v) is 3.18. The van der Waals surface area contributed by atoms with E-state index in [2.05, 4.69) is 16.9 Å². The van der Waals surface area contributed by atoms with Crippen molar-refractivity contribution in [1.29, 1.82) is 0 Å². The van der Waals surface area contributed by atoms with Gasteiger partial charge in [-0.3, -0.25) is 4.79 Å². The Morgan fingerprint density at radius 3 is 3.14 bits per heavy atom. The van der Waals surface area contributed by atoms with Crippen LogP contribution in [0.3, 0.4) is 0 Å². The van der Waals surface area contributed by atoms with Gasteiger partial charge in [0.25, 0.3) is 5.91 Å². The number of nitrogens with one attached hydrogen (secondary N) is 1. The number of fused-ring (bicyclic) bond motifs is 3. The maximum atomic E-state index is 11.4. The van der Waals surface area contributed by atoms with Gasteiger partial charge in [-0.2, -0.15) is 0 Å². The minimum atomic E-state index is -0.110. The van der Waals surface area contributed by atoms with Crippen LogP contribution in [-0.4, -0.2) is 10.9 Å². The monoisotopic (exact) mass is 202 g/mol. The highest BCUT2D eigenvalue weighted by Crippen LogP contribution is 2.37. The molecule has 0 saturated heterocycles. The van der Waals surface area contributed by atoms with Gasteiger partial charge in [0.2, 0.25) is 0 Å². The highest BCUT2D eigenvalue weighted by Gasteiger charge is 2.24. The van der Waals surface area contributed by atoms with Crippen molar-refractivity contribution in [3.05, 3.63) is 29.8 Å². The second kappa shape index (κ2) is 2.42. The molecule has 1 aliphatic heterocycles. The van der Waals surface area contributed by atoms with Crippen LogP contribution in [0.5, 0.6) is 0 Å². The Labute approximate surface area is 84.1 Å². The molecular formula is C10H6N2OS. The molecule has 4 heteroatoms. The van der Waals surface area contributed by atoms with Crippen molar-refractivity contribution in [1.82, 2.24) is 4.98 Å². The van der Waals surface area contributed by atoms with Crippen molar-refractivity contribution >= 4 is 38.7 Å². The smallest absolute Gasteiger partial charge is 0.255 e. The van der Waals surface area contributed by atoms with Crippen LogP contribution in [0.2, 0.25) is 0 Å². The lowest BCUT2D eigenvalue weighted by atomic mass is 10.1. The van der Waals surface area contributed by atoms with Crippen molar-refractivity contribution in [2.45, 2.75) is 0 Å². The van der Waals surface area contributed by atoms with Gasteiger partial charge in [0.15, 0.2) is 0 Å². The largest absolute Gasteiger partial charge is 0.321 e. The highest BCUT2D eigenvalue weighted by atomic mass is 32.1. The van der Waals surface area contributed by atoms with Crippen LogP contribution in [-0.2, 0) is 4.79 Å². The quantitative estimate of drug-likeness (QED) is 0.666.